The molecular formula is C22H24FN3O2. The summed E-state index contributed by atoms with van der Waals surface area (Å²) in [7, 11) is 0. The topological polar surface area (TPSA) is 56.2 Å². The molecular weight excluding hydrogens is 357 g/mol. The number of ether oxygens (including phenoxy) is 1. The highest BCUT2D eigenvalue weighted by atomic mass is 19.1. The molecule has 0 fully saturated rings. The average molecular weight is 381 g/mol. The minimum atomic E-state index is -0.534. The van der Waals surface area contributed by atoms with Crippen LogP contribution in [0.25, 0.3) is 22.7 Å². The molecule has 146 valence electrons. The highest BCUT2D eigenvalue weighted by Gasteiger charge is 2.16. The zero-order valence-electron chi connectivity index (χ0n) is 16.4. The van der Waals surface area contributed by atoms with Crippen LogP contribution in [0.4, 0.5) is 9.18 Å². The summed E-state index contributed by atoms with van der Waals surface area (Å²) in [6.45, 7) is 7.36. The first-order valence-corrected chi connectivity index (χ1v) is 9.13. The van der Waals surface area contributed by atoms with Crippen LogP contribution in [0.3, 0.4) is 0 Å². The van der Waals surface area contributed by atoms with E-state index >= 15 is 0 Å². The highest BCUT2D eigenvalue weighted by molar-refractivity contribution is 5.89. The minimum Gasteiger partial charge on any atom is -0.444 e. The van der Waals surface area contributed by atoms with E-state index < -0.39 is 11.7 Å². The lowest BCUT2D eigenvalue weighted by Gasteiger charge is -2.21. The summed E-state index contributed by atoms with van der Waals surface area (Å²) in [6.07, 6.45) is 5.17. The van der Waals surface area contributed by atoms with Gasteiger partial charge in [0, 0.05) is 11.4 Å². The molecule has 0 saturated carbocycles. The fourth-order valence-electron chi connectivity index (χ4n) is 2.80. The van der Waals surface area contributed by atoms with Crippen molar-refractivity contribution in [1.29, 1.82) is 0 Å². The predicted octanol–water partition coefficient (Wildman–Crippen LogP) is 5.09. The summed E-state index contributed by atoms with van der Waals surface area (Å²) < 4.78 is 20.2. The molecule has 0 aliphatic heterocycles. The molecule has 1 amide bonds. The van der Waals surface area contributed by atoms with E-state index in [2.05, 4.69) is 10.4 Å². The molecule has 2 aromatic carbocycles. The van der Waals surface area contributed by atoms with E-state index in [0.717, 1.165) is 22.2 Å². The van der Waals surface area contributed by atoms with Gasteiger partial charge in [0.2, 0.25) is 0 Å². The molecule has 1 aromatic heterocycles. The Hall–Kier alpha value is -3.15. The van der Waals surface area contributed by atoms with Crippen LogP contribution in [0.2, 0.25) is 0 Å². The van der Waals surface area contributed by atoms with Crippen LogP contribution in [0, 0.1) is 5.82 Å². The Morgan fingerprint density at radius 3 is 2.61 bits per heavy atom. The summed E-state index contributed by atoms with van der Waals surface area (Å²) in [4.78, 5) is 11.9. The van der Waals surface area contributed by atoms with Crippen LogP contribution in [-0.2, 0) is 4.74 Å². The lowest BCUT2D eigenvalue weighted by Crippen LogP contribution is -2.36. The number of nitrogens with zero attached hydrogens (tertiary/aromatic N) is 2. The van der Waals surface area contributed by atoms with E-state index in [0.29, 0.717) is 0 Å². The maximum atomic E-state index is 13.2. The van der Waals surface area contributed by atoms with Crippen molar-refractivity contribution >= 4 is 23.1 Å². The summed E-state index contributed by atoms with van der Waals surface area (Å²) in [5.41, 5.74) is 2.15. The van der Waals surface area contributed by atoms with Crippen molar-refractivity contribution in [3.05, 3.63) is 66.1 Å². The largest absolute Gasteiger partial charge is 0.444 e. The average Bonchev–Trinajstić information content (AvgIpc) is 3.03. The summed E-state index contributed by atoms with van der Waals surface area (Å²) in [5, 5.41) is 8.19. The van der Waals surface area contributed by atoms with Crippen LogP contribution in [0.15, 0.2) is 54.7 Å². The van der Waals surface area contributed by atoms with Gasteiger partial charge in [-0.3, -0.25) is 0 Å². The summed E-state index contributed by atoms with van der Waals surface area (Å²) in [6, 6.07) is 11.9. The summed E-state index contributed by atoms with van der Waals surface area (Å²) in [5.74, 6) is -0.282. The predicted molar refractivity (Wildman–Crippen MR) is 109 cm³/mol. The van der Waals surface area contributed by atoms with Gasteiger partial charge in [0.05, 0.1) is 17.4 Å². The van der Waals surface area contributed by atoms with E-state index in [4.69, 9.17) is 4.74 Å². The zero-order valence-corrected chi connectivity index (χ0v) is 16.4. The summed E-state index contributed by atoms with van der Waals surface area (Å²) >= 11 is 0. The molecule has 0 aliphatic rings. The van der Waals surface area contributed by atoms with Crippen molar-refractivity contribution in [2.75, 3.05) is 0 Å². The Balaban J connectivity index is 1.79. The minimum absolute atomic E-state index is 0.197. The monoisotopic (exact) mass is 381 g/mol. The Kier molecular flexibility index (Phi) is 5.49. The van der Waals surface area contributed by atoms with E-state index in [-0.39, 0.29) is 11.9 Å². The fraction of sp³-hybridized carbons (Fsp3) is 0.273. The van der Waals surface area contributed by atoms with Crippen LogP contribution in [-0.4, -0.2) is 27.5 Å². The number of benzene rings is 2. The van der Waals surface area contributed by atoms with Gasteiger partial charge < -0.3 is 10.1 Å². The first-order chi connectivity index (χ1) is 13.2. The van der Waals surface area contributed by atoms with Crippen molar-refractivity contribution in [2.24, 2.45) is 0 Å². The smallest absolute Gasteiger partial charge is 0.408 e. The fourth-order valence-corrected chi connectivity index (χ4v) is 2.80. The highest BCUT2D eigenvalue weighted by Crippen LogP contribution is 2.23. The number of hydrogen-bond donors (Lipinski definition) is 1. The molecule has 0 saturated heterocycles. The molecule has 0 radical (unpaired) electrons. The van der Waals surface area contributed by atoms with Crippen LogP contribution < -0.4 is 5.32 Å². The van der Waals surface area contributed by atoms with E-state index in [1.54, 1.807) is 23.0 Å². The van der Waals surface area contributed by atoms with Gasteiger partial charge in [-0.25, -0.2) is 13.9 Å². The van der Waals surface area contributed by atoms with Gasteiger partial charge in [-0.2, -0.15) is 5.10 Å². The third-order valence-corrected chi connectivity index (χ3v) is 4.03. The van der Waals surface area contributed by atoms with E-state index in [1.165, 1.54) is 12.1 Å². The lowest BCUT2D eigenvalue weighted by atomic mass is 10.1. The number of aromatic nitrogens is 2. The second kappa shape index (κ2) is 7.84. The lowest BCUT2D eigenvalue weighted by molar-refractivity contribution is 0.0518. The number of hydrogen-bond acceptors (Lipinski definition) is 3. The first kappa shape index (κ1) is 19.6. The van der Waals surface area contributed by atoms with Gasteiger partial charge in [-0.1, -0.05) is 24.3 Å². The molecule has 0 aliphatic carbocycles. The van der Waals surface area contributed by atoms with E-state index in [9.17, 15) is 9.18 Å². The second-order valence-corrected chi connectivity index (χ2v) is 7.61. The molecule has 0 spiro atoms. The van der Waals surface area contributed by atoms with Gasteiger partial charge in [0.25, 0.3) is 0 Å². The third kappa shape index (κ3) is 4.76. The molecule has 1 N–H and O–H groups in total. The molecule has 5 nitrogen and oxygen atoms in total. The molecule has 28 heavy (non-hydrogen) atoms. The van der Waals surface area contributed by atoms with Crippen molar-refractivity contribution < 1.29 is 13.9 Å². The van der Waals surface area contributed by atoms with E-state index in [1.807, 2.05) is 58.0 Å². The maximum absolute atomic E-state index is 13.2. The number of alkyl carbamates (subject to hydrolysis) is 1. The van der Waals surface area contributed by atoms with Gasteiger partial charge in [0.15, 0.2) is 0 Å². The third-order valence-electron chi connectivity index (χ3n) is 4.03. The molecule has 3 aromatic rings. The molecule has 3 rings (SSSR count). The van der Waals surface area contributed by atoms with Crippen molar-refractivity contribution in [3.63, 3.8) is 0 Å². The molecule has 1 heterocycles. The second-order valence-electron chi connectivity index (χ2n) is 7.61. The van der Waals surface area contributed by atoms with Crippen molar-refractivity contribution in [3.8, 4) is 5.69 Å². The quantitative estimate of drug-likeness (QED) is 0.685. The zero-order chi connectivity index (χ0) is 20.3. The maximum Gasteiger partial charge on any atom is 0.408 e. The number of halogens is 1. The normalized spacial score (nSPS) is 13.0. The standard InChI is InChI=1S/C22H24FN3O2/c1-15(25-21(27)28-22(2,3)4)8-9-16-6-5-7-20-19(16)14-24-26(20)18-12-10-17(23)11-13-18/h5-15H,1-4H3,(H,25,27)/t15-/m0/s1. The van der Waals surface area contributed by atoms with Crippen LogP contribution in [0.1, 0.15) is 33.3 Å². The Morgan fingerprint density at radius 2 is 1.93 bits per heavy atom. The molecule has 0 bridgehead atoms. The van der Waals surface area contributed by atoms with Gasteiger partial charge in [-0.05, 0) is 63.6 Å². The van der Waals surface area contributed by atoms with Gasteiger partial charge >= 0.3 is 6.09 Å². The number of carbonyl (C=O) groups excluding carboxylic acids is 1. The number of amides is 1. The molecule has 6 heteroatoms. The van der Waals surface area contributed by atoms with Crippen LogP contribution in [0.5, 0.6) is 0 Å². The Bertz CT molecular complexity index is 1000. The molecule has 0 unspecified atom stereocenters. The number of nitrogens with one attached hydrogen (secondary N) is 1. The first-order valence-electron chi connectivity index (χ1n) is 9.13. The molecule has 1 atom stereocenters. The van der Waals surface area contributed by atoms with Gasteiger partial charge in [-0.15, -0.1) is 0 Å². The number of fused-ring (bicyclic) bond motifs is 1. The van der Waals surface area contributed by atoms with Crippen molar-refractivity contribution in [1.82, 2.24) is 15.1 Å². The Morgan fingerprint density at radius 1 is 1.21 bits per heavy atom. The van der Waals surface area contributed by atoms with Crippen molar-refractivity contribution in [2.45, 2.75) is 39.3 Å². The van der Waals surface area contributed by atoms with Crippen LogP contribution >= 0.6 is 0 Å². The Labute approximate surface area is 163 Å². The SMILES string of the molecule is C[C@@H](C=Cc1cccc2c1cnn2-c1ccc(F)cc1)NC(=O)OC(C)(C)C. The van der Waals surface area contributed by atoms with Gasteiger partial charge in [0.1, 0.15) is 11.4 Å². The number of carbonyl (C=O) groups is 1. The number of rotatable bonds is 4.